The average molecular weight is 546 g/mol. The number of rotatable bonds is 4. The van der Waals surface area contributed by atoms with E-state index in [4.69, 9.17) is 34.0 Å². The number of carboxylic acids is 2. The number of aromatic nitrogens is 1. The lowest BCUT2D eigenvalue weighted by atomic mass is 9.97. The number of hydrogen-bond donors (Lipinski definition) is 2. The first-order valence-electron chi connectivity index (χ1n) is 11.4. The second-order valence-corrected chi connectivity index (χ2v) is 8.51. The fourth-order valence-electron chi connectivity index (χ4n) is 4.17. The molecule has 0 unspecified atom stereocenters. The Morgan fingerprint density at radius 2 is 1.62 bits per heavy atom. The lowest BCUT2D eigenvalue weighted by Crippen LogP contribution is -2.44. The lowest BCUT2D eigenvalue weighted by molar-refractivity contribution is -0.193. The molecule has 37 heavy (non-hydrogen) atoms. The maximum atomic E-state index is 10.6. The second-order valence-electron chi connectivity index (χ2n) is 8.51. The van der Waals surface area contributed by atoms with Crippen LogP contribution in [0.1, 0.15) is 25.7 Å². The van der Waals surface area contributed by atoms with E-state index in [9.17, 15) is 26.3 Å². The van der Waals surface area contributed by atoms with Gasteiger partial charge in [0.1, 0.15) is 18.0 Å². The van der Waals surface area contributed by atoms with Gasteiger partial charge in [-0.05, 0) is 43.7 Å². The molecule has 4 heterocycles. The van der Waals surface area contributed by atoms with Crippen molar-refractivity contribution < 1.29 is 60.4 Å². The van der Waals surface area contributed by atoms with Crippen molar-refractivity contribution in [3.8, 4) is 5.75 Å². The first-order valence-corrected chi connectivity index (χ1v) is 11.4. The molecule has 9 nitrogen and oxygen atoms in total. The zero-order valence-electron chi connectivity index (χ0n) is 19.6. The molecule has 210 valence electrons. The van der Waals surface area contributed by atoms with Gasteiger partial charge in [0.05, 0.1) is 6.20 Å². The highest BCUT2D eigenvalue weighted by atomic mass is 19.4. The fraction of sp³-hybridized carbons (Fsp3) is 0.682. The normalized spacial score (nSPS) is 24.5. The molecule has 4 rings (SSSR count). The van der Waals surface area contributed by atoms with Crippen molar-refractivity contribution in [2.75, 3.05) is 32.9 Å². The summed E-state index contributed by atoms with van der Waals surface area (Å²) in [6.45, 7) is 4.80. The van der Waals surface area contributed by atoms with E-state index < -0.39 is 24.3 Å². The van der Waals surface area contributed by atoms with E-state index in [2.05, 4.69) is 9.88 Å². The van der Waals surface area contributed by atoms with Crippen molar-refractivity contribution in [1.82, 2.24) is 9.88 Å². The third-order valence-corrected chi connectivity index (χ3v) is 5.82. The molecule has 3 atom stereocenters. The fourth-order valence-corrected chi connectivity index (χ4v) is 4.17. The Morgan fingerprint density at radius 1 is 1.03 bits per heavy atom. The molecule has 1 aromatic rings. The van der Waals surface area contributed by atoms with Crippen LogP contribution in [0.15, 0.2) is 24.5 Å². The summed E-state index contributed by atoms with van der Waals surface area (Å²) in [4.78, 5) is 24.6. The van der Waals surface area contributed by atoms with Crippen molar-refractivity contribution in [2.24, 2.45) is 5.92 Å². The number of ether oxygens (including phenoxy) is 3. The summed E-state index contributed by atoms with van der Waals surface area (Å²) in [6, 6.07) is 4.41. The number of fused-ring (bicyclic) bond motifs is 1. The topological polar surface area (TPSA) is 118 Å². The van der Waals surface area contributed by atoms with E-state index in [0.29, 0.717) is 6.04 Å². The molecule has 3 fully saturated rings. The Labute approximate surface area is 208 Å². The number of carboxylic acid groups (broad SMARTS) is 2. The van der Waals surface area contributed by atoms with Gasteiger partial charge in [-0.25, -0.2) is 9.59 Å². The molecule has 0 saturated carbocycles. The van der Waals surface area contributed by atoms with Crippen LogP contribution in [0.2, 0.25) is 0 Å². The van der Waals surface area contributed by atoms with Gasteiger partial charge >= 0.3 is 24.3 Å². The third-order valence-electron chi connectivity index (χ3n) is 5.82. The zero-order valence-corrected chi connectivity index (χ0v) is 19.6. The van der Waals surface area contributed by atoms with Crippen LogP contribution in [0, 0.1) is 5.92 Å². The van der Waals surface area contributed by atoms with Gasteiger partial charge in [0.25, 0.3) is 0 Å². The van der Waals surface area contributed by atoms with Crippen LogP contribution in [0.3, 0.4) is 0 Å². The number of halogens is 6. The van der Waals surface area contributed by atoms with Crippen LogP contribution in [-0.4, -0.2) is 95.5 Å². The van der Waals surface area contributed by atoms with Crippen LogP contribution >= 0.6 is 0 Å². The predicted molar refractivity (Wildman–Crippen MR) is 114 cm³/mol. The molecule has 0 spiro atoms. The average Bonchev–Trinajstić information content (AvgIpc) is 3.17. The van der Waals surface area contributed by atoms with Crippen LogP contribution in [0.4, 0.5) is 26.3 Å². The van der Waals surface area contributed by atoms with E-state index in [1.807, 2.05) is 12.1 Å². The maximum absolute atomic E-state index is 10.6. The minimum atomic E-state index is -5.08. The molecular weight excluding hydrogens is 518 g/mol. The van der Waals surface area contributed by atoms with E-state index in [1.54, 1.807) is 12.4 Å². The first-order chi connectivity index (χ1) is 17.3. The Kier molecular flexibility index (Phi) is 11.4. The summed E-state index contributed by atoms with van der Waals surface area (Å²) in [7, 11) is 0. The Balaban J connectivity index is 0.000000286. The monoisotopic (exact) mass is 546 g/mol. The van der Waals surface area contributed by atoms with E-state index in [-0.39, 0.29) is 12.2 Å². The van der Waals surface area contributed by atoms with Crippen LogP contribution < -0.4 is 4.74 Å². The van der Waals surface area contributed by atoms with Crippen molar-refractivity contribution >= 4 is 11.9 Å². The molecule has 1 aromatic heterocycles. The van der Waals surface area contributed by atoms with Crippen LogP contribution in [0.5, 0.6) is 5.75 Å². The standard InChI is InChI=1S/C18H26N2O3.2C2HF3O2/c1-3-15(11-19-7-1)23-17-13-20(12-14-5-9-21-10-6-14)16-4-2-8-22-18(16)17;2*3-2(4,5)1(6)7/h1,3,7,11,14,16-18H,2,4-6,8-10,12-13H2;2*(H,6,7)/t16-,17-,18-;;/m0../s1. The number of hydrogen-bond acceptors (Lipinski definition) is 7. The number of pyridine rings is 1. The molecule has 0 radical (unpaired) electrons. The first kappa shape index (κ1) is 30.6. The summed E-state index contributed by atoms with van der Waals surface area (Å²) in [5.74, 6) is -3.91. The van der Waals surface area contributed by atoms with E-state index in [1.165, 1.54) is 19.3 Å². The zero-order chi connectivity index (χ0) is 27.6. The molecule has 3 aliphatic rings. The van der Waals surface area contributed by atoms with Gasteiger partial charge in [0, 0.05) is 45.1 Å². The van der Waals surface area contributed by atoms with Gasteiger partial charge in [-0.15, -0.1) is 0 Å². The summed E-state index contributed by atoms with van der Waals surface area (Å²) in [5.41, 5.74) is 0. The predicted octanol–water partition coefficient (Wildman–Crippen LogP) is 3.39. The van der Waals surface area contributed by atoms with Crippen molar-refractivity contribution in [3.63, 3.8) is 0 Å². The minimum Gasteiger partial charge on any atom is -0.485 e. The largest absolute Gasteiger partial charge is 0.490 e. The molecule has 0 aliphatic carbocycles. The van der Waals surface area contributed by atoms with Crippen molar-refractivity contribution in [1.29, 1.82) is 0 Å². The summed E-state index contributed by atoms with van der Waals surface area (Å²) < 4.78 is 81.3. The van der Waals surface area contributed by atoms with Crippen LogP contribution in [-0.2, 0) is 19.1 Å². The number of likely N-dealkylation sites (tertiary alicyclic amines) is 1. The molecular formula is C22H28F6N2O7. The van der Waals surface area contributed by atoms with Gasteiger partial charge < -0.3 is 24.4 Å². The Morgan fingerprint density at radius 3 is 2.14 bits per heavy atom. The maximum Gasteiger partial charge on any atom is 0.490 e. The van der Waals surface area contributed by atoms with Crippen LogP contribution in [0.25, 0.3) is 0 Å². The number of aliphatic carboxylic acids is 2. The van der Waals surface area contributed by atoms with E-state index in [0.717, 1.165) is 51.0 Å². The Bertz CT molecular complexity index is 826. The van der Waals surface area contributed by atoms with Gasteiger partial charge in [0.2, 0.25) is 0 Å². The lowest BCUT2D eigenvalue weighted by Gasteiger charge is -2.34. The summed E-state index contributed by atoms with van der Waals surface area (Å²) >= 11 is 0. The minimum absolute atomic E-state index is 0.115. The smallest absolute Gasteiger partial charge is 0.485 e. The third kappa shape index (κ3) is 10.3. The highest BCUT2D eigenvalue weighted by Gasteiger charge is 2.46. The number of nitrogens with zero attached hydrogens (tertiary/aromatic N) is 2. The SMILES string of the molecule is O=C(O)C(F)(F)F.O=C(O)C(F)(F)F.c1cncc(O[C@H]2CN(CC3CCOCC3)[C@H]3CCCO[C@H]23)c1. The van der Waals surface area contributed by atoms with Crippen molar-refractivity contribution in [2.45, 2.75) is 56.3 Å². The summed E-state index contributed by atoms with van der Waals surface area (Å²) in [5, 5.41) is 14.2. The highest BCUT2D eigenvalue weighted by molar-refractivity contribution is 5.73. The van der Waals surface area contributed by atoms with Gasteiger partial charge in [-0.1, -0.05) is 0 Å². The molecule has 15 heteroatoms. The molecule has 3 saturated heterocycles. The number of carbonyl (C=O) groups is 2. The van der Waals surface area contributed by atoms with Crippen molar-refractivity contribution in [3.05, 3.63) is 24.5 Å². The number of alkyl halides is 6. The Hall–Kier alpha value is -2.65. The molecule has 2 N–H and O–H groups in total. The quantitative estimate of drug-likeness (QED) is 0.548. The van der Waals surface area contributed by atoms with Gasteiger partial charge in [0.15, 0.2) is 0 Å². The van der Waals surface area contributed by atoms with Gasteiger partial charge in [-0.3, -0.25) is 9.88 Å². The summed E-state index contributed by atoms with van der Waals surface area (Å²) in [6.07, 6.45) is -1.54. The highest BCUT2D eigenvalue weighted by Crippen LogP contribution is 2.33. The molecule has 0 aromatic carbocycles. The van der Waals surface area contributed by atoms with Gasteiger partial charge in [-0.2, -0.15) is 26.3 Å². The second kappa shape index (κ2) is 13.8. The molecule has 3 aliphatic heterocycles. The molecule has 0 bridgehead atoms. The van der Waals surface area contributed by atoms with E-state index >= 15 is 0 Å². The molecule has 0 amide bonds.